The number of carbonyl (C=O) groups excluding carboxylic acids is 1. The molecule has 5 nitrogen and oxygen atoms in total. The summed E-state index contributed by atoms with van der Waals surface area (Å²) in [5.41, 5.74) is 2.21. The average molecular weight is 285 g/mol. The molecule has 2 N–H and O–H groups in total. The van der Waals surface area contributed by atoms with Crippen molar-refractivity contribution in [2.75, 3.05) is 6.61 Å². The second-order valence-electron chi connectivity index (χ2n) is 5.21. The Bertz CT molecular complexity index is 599. The van der Waals surface area contributed by atoms with Crippen LogP contribution in [0.3, 0.4) is 0 Å². The van der Waals surface area contributed by atoms with Gasteiger partial charge in [-0.1, -0.05) is 19.9 Å². The van der Waals surface area contributed by atoms with Crippen LogP contribution < -0.4 is 5.32 Å². The van der Waals surface area contributed by atoms with Gasteiger partial charge in [-0.2, -0.15) is 0 Å². The number of amides is 1. The molecular formula is C16H19N3O2. The van der Waals surface area contributed by atoms with Gasteiger partial charge in [-0.25, -0.2) is 0 Å². The van der Waals surface area contributed by atoms with E-state index in [4.69, 9.17) is 0 Å². The Morgan fingerprint density at radius 3 is 2.62 bits per heavy atom. The van der Waals surface area contributed by atoms with Crippen LogP contribution in [0.2, 0.25) is 0 Å². The lowest BCUT2D eigenvalue weighted by Gasteiger charge is -2.19. The maximum absolute atomic E-state index is 12.2. The van der Waals surface area contributed by atoms with E-state index < -0.39 is 0 Å². The van der Waals surface area contributed by atoms with Crippen LogP contribution >= 0.6 is 0 Å². The molecule has 2 rings (SSSR count). The number of nitrogens with zero attached hydrogens (tertiary/aromatic N) is 2. The van der Waals surface area contributed by atoms with Crippen LogP contribution in [0.15, 0.2) is 43.0 Å². The standard InChI is InChI=1S/C16H19N3O2/c1-11(2)15(10-20)19-16(21)14-6-13(8-18-9-14)12-4-3-5-17-7-12/h3-9,11,15,20H,10H2,1-2H3,(H,19,21). The first-order chi connectivity index (χ1) is 10.1. The Labute approximate surface area is 124 Å². The SMILES string of the molecule is CC(C)C(CO)NC(=O)c1cncc(-c2cccnc2)c1. The van der Waals surface area contributed by atoms with Crippen LogP contribution in [-0.4, -0.2) is 33.6 Å². The molecule has 2 aromatic heterocycles. The summed E-state index contributed by atoms with van der Waals surface area (Å²) in [5.74, 6) is -0.0746. The number of pyridine rings is 2. The van der Waals surface area contributed by atoms with Gasteiger partial charge in [-0.05, 0) is 18.1 Å². The van der Waals surface area contributed by atoms with Crippen molar-refractivity contribution in [3.63, 3.8) is 0 Å². The van der Waals surface area contributed by atoms with E-state index in [0.717, 1.165) is 11.1 Å². The summed E-state index contributed by atoms with van der Waals surface area (Å²) >= 11 is 0. The van der Waals surface area contributed by atoms with Crippen LogP contribution in [0.25, 0.3) is 11.1 Å². The van der Waals surface area contributed by atoms with Crippen LogP contribution in [0.1, 0.15) is 24.2 Å². The van der Waals surface area contributed by atoms with Crippen LogP contribution in [0, 0.1) is 5.92 Å². The van der Waals surface area contributed by atoms with E-state index in [1.54, 1.807) is 24.7 Å². The number of hydrogen-bond acceptors (Lipinski definition) is 4. The first-order valence-electron chi connectivity index (χ1n) is 6.89. The molecule has 1 atom stereocenters. The monoisotopic (exact) mass is 285 g/mol. The highest BCUT2D eigenvalue weighted by Crippen LogP contribution is 2.18. The smallest absolute Gasteiger partial charge is 0.253 e. The molecule has 5 heteroatoms. The second-order valence-corrected chi connectivity index (χ2v) is 5.21. The molecule has 0 saturated carbocycles. The van der Waals surface area contributed by atoms with Crippen molar-refractivity contribution < 1.29 is 9.90 Å². The van der Waals surface area contributed by atoms with Crippen molar-refractivity contribution in [3.05, 3.63) is 48.5 Å². The highest BCUT2D eigenvalue weighted by Gasteiger charge is 2.16. The molecular weight excluding hydrogens is 266 g/mol. The predicted octanol–water partition coefficient (Wildman–Crippen LogP) is 1.89. The van der Waals surface area contributed by atoms with Crippen LogP contribution in [0.5, 0.6) is 0 Å². The fourth-order valence-electron chi connectivity index (χ4n) is 1.93. The first kappa shape index (κ1) is 15.1. The molecule has 0 aromatic carbocycles. The third-order valence-electron chi connectivity index (χ3n) is 3.31. The fraction of sp³-hybridized carbons (Fsp3) is 0.312. The molecule has 0 radical (unpaired) electrons. The minimum atomic E-state index is -0.264. The number of aliphatic hydroxyl groups is 1. The molecule has 0 fully saturated rings. The van der Waals surface area contributed by atoms with E-state index in [2.05, 4.69) is 15.3 Å². The summed E-state index contributed by atoms with van der Waals surface area (Å²) in [4.78, 5) is 20.4. The number of nitrogens with one attached hydrogen (secondary N) is 1. The summed E-state index contributed by atoms with van der Waals surface area (Å²) in [6.45, 7) is 3.82. The Morgan fingerprint density at radius 2 is 2.00 bits per heavy atom. The van der Waals surface area contributed by atoms with Gasteiger partial charge in [0.05, 0.1) is 18.2 Å². The van der Waals surface area contributed by atoms with E-state index in [0.29, 0.717) is 5.56 Å². The third kappa shape index (κ3) is 3.86. The van der Waals surface area contributed by atoms with Gasteiger partial charge in [0.2, 0.25) is 0 Å². The molecule has 0 aliphatic rings. The zero-order valence-corrected chi connectivity index (χ0v) is 12.2. The van der Waals surface area contributed by atoms with E-state index in [1.165, 1.54) is 6.20 Å². The Kier molecular flexibility index (Phi) is 5.00. The van der Waals surface area contributed by atoms with Crippen molar-refractivity contribution in [1.29, 1.82) is 0 Å². The number of rotatable bonds is 5. The lowest BCUT2D eigenvalue weighted by molar-refractivity contribution is 0.0896. The minimum Gasteiger partial charge on any atom is -0.394 e. The fourth-order valence-corrected chi connectivity index (χ4v) is 1.93. The van der Waals surface area contributed by atoms with Crippen molar-refractivity contribution in [2.45, 2.75) is 19.9 Å². The highest BCUT2D eigenvalue weighted by molar-refractivity contribution is 5.95. The van der Waals surface area contributed by atoms with Gasteiger partial charge in [0, 0.05) is 35.9 Å². The van der Waals surface area contributed by atoms with E-state index in [1.807, 2.05) is 26.0 Å². The summed E-state index contributed by atoms with van der Waals surface area (Å²) in [6.07, 6.45) is 6.63. The molecule has 21 heavy (non-hydrogen) atoms. The summed E-state index contributed by atoms with van der Waals surface area (Å²) < 4.78 is 0. The average Bonchev–Trinajstić information content (AvgIpc) is 2.53. The Balaban J connectivity index is 2.19. The second kappa shape index (κ2) is 6.95. The maximum atomic E-state index is 12.2. The van der Waals surface area contributed by atoms with E-state index in [9.17, 15) is 9.90 Å². The van der Waals surface area contributed by atoms with Gasteiger partial charge < -0.3 is 10.4 Å². The van der Waals surface area contributed by atoms with Gasteiger partial charge in [0.25, 0.3) is 5.91 Å². The number of aliphatic hydroxyl groups excluding tert-OH is 1. The molecule has 0 bridgehead atoms. The van der Waals surface area contributed by atoms with Crippen LogP contribution in [0.4, 0.5) is 0 Å². The largest absolute Gasteiger partial charge is 0.394 e. The third-order valence-corrected chi connectivity index (χ3v) is 3.31. The molecule has 0 spiro atoms. The zero-order chi connectivity index (χ0) is 15.2. The molecule has 1 unspecified atom stereocenters. The topological polar surface area (TPSA) is 75.1 Å². The van der Waals surface area contributed by atoms with Crippen molar-refractivity contribution in [1.82, 2.24) is 15.3 Å². The minimum absolute atomic E-state index is 0.0842. The molecule has 2 aromatic rings. The zero-order valence-electron chi connectivity index (χ0n) is 12.2. The number of hydrogen-bond donors (Lipinski definition) is 2. The number of carbonyl (C=O) groups is 1. The van der Waals surface area contributed by atoms with Gasteiger partial charge in [-0.3, -0.25) is 14.8 Å². The predicted molar refractivity (Wildman–Crippen MR) is 80.6 cm³/mol. The van der Waals surface area contributed by atoms with Crippen LogP contribution in [-0.2, 0) is 0 Å². The Morgan fingerprint density at radius 1 is 1.24 bits per heavy atom. The summed E-state index contributed by atoms with van der Waals surface area (Å²) in [6, 6.07) is 5.26. The molecule has 1 amide bonds. The van der Waals surface area contributed by atoms with Gasteiger partial charge in [0.1, 0.15) is 0 Å². The lowest BCUT2D eigenvalue weighted by atomic mass is 10.0. The van der Waals surface area contributed by atoms with Gasteiger partial charge in [0.15, 0.2) is 0 Å². The Hall–Kier alpha value is -2.27. The van der Waals surface area contributed by atoms with E-state index >= 15 is 0 Å². The van der Waals surface area contributed by atoms with E-state index in [-0.39, 0.29) is 24.5 Å². The van der Waals surface area contributed by atoms with Gasteiger partial charge in [-0.15, -0.1) is 0 Å². The van der Waals surface area contributed by atoms with Crippen molar-refractivity contribution >= 4 is 5.91 Å². The van der Waals surface area contributed by atoms with Gasteiger partial charge >= 0.3 is 0 Å². The first-order valence-corrected chi connectivity index (χ1v) is 6.89. The summed E-state index contributed by atoms with van der Waals surface area (Å²) in [5, 5.41) is 12.1. The van der Waals surface area contributed by atoms with Crippen molar-refractivity contribution in [2.24, 2.45) is 5.92 Å². The quantitative estimate of drug-likeness (QED) is 0.879. The molecule has 0 aliphatic carbocycles. The highest BCUT2D eigenvalue weighted by atomic mass is 16.3. The normalized spacial score (nSPS) is 12.2. The maximum Gasteiger partial charge on any atom is 0.253 e. The molecule has 0 saturated heterocycles. The molecule has 2 heterocycles. The molecule has 110 valence electrons. The lowest BCUT2D eigenvalue weighted by Crippen LogP contribution is -2.41. The number of aromatic nitrogens is 2. The summed E-state index contributed by atoms with van der Waals surface area (Å²) in [7, 11) is 0. The molecule has 0 aliphatic heterocycles. The van der Waals surface area contributed by atoms with Crippen molar-refractivity contribution in [3.8, 4) is 11.1 Å².